The van der Waals surface area contributed by atoms with Crippen molar-refractivity contribution < 1.29 is 9.32 Å². The van der Waals surface area contributed by atoms with Gasteiger partial charge in [-0.2, -0.15) is 4.98 Å². The Morgan fingerprint density at radius 2 is 1.91 bits per heavy atom. The lowest BCUT2D eigenvalue weighted by molar-refractivity contribution is -0.120. The minimum Gasteiger partial charge on any atom is -0.374 e. The van der Waals surface area contributed by atoms with Crippen LogP contribution >= 0.6 is 0 Å². The van der Waals surface area contributed by atoms with Crippen molar-refractivity contribution in [3.63, 3.8) is 0 Å². The van der Waals surface area contributed by atoms with E-state index in [2.05, 4.69) is 20.8 Å². The molecule has 0 saturated heterocycles. The first-order valence-electron chi connectivity index (χ1n) is 7.39. The molecule has 22 heavy (non-hydrogen) atoms. The van der Waals surface area contributed by atoms with Crippen molar-refractivity contribution in [3.05, 3.63) is 41.5 Å². The number of benzene rings is 1. The summed E-state index contributed by atoms with van der Waals surface area (Å²) in [5.41, 5.74) is 1.92. The molecule has 1 aromatic carbocycles. The van der Waals surface area contributed by atoms with Crippen molar-refractivity contribution in [1.29, 1.82) is 0 Å². The van der Waals surface area contributed by atoms with Crippen LogP contribution in [-0.2, 0) is 11.2 Å². The fourth-order valence-corrected chi connectivity index (χ4v) is 2.08. The lowest BCUT2D eigenvalue weighted by Crippen LogP contribution is -2.31. The van der Waals surface area contributed by atoms with E-state index >= 15 is 0 Å². The van der Waals surface area contributed by atoms with Gasteiger partial charge in [0.2, 0.25) is 11.8 Å². The quantitative estimate of drug-likeness (QED) is 0.857. The van der Waals surface area contributed by atoms with Crippen LogP contribution in [0, 0.1) is 6.92 Å². The van der Waals surface area contributed by atoms with E-state index < -0.39 is 0 Å². The molecule has 0 saturated carbocycles. The number of nitrogens with zero attached hydrogens (tertiary/aromatic N) is 2. The molecule has 0 radical (unpaired) electrons. The molecule has 118 valence electrons. The Kier molecular flexibility index (Phi) is 5.14. The lowest BCUT2D eigenvalue weighted by Gasteiger charge is -2.12. The van der Waals surface area contributed by atoms with Crippen LogP contribution in [0.2, 0.25) is 0 Å². The van der Waals surface area contributed by atoms with E-state index in [1.807, 2.05) is 45.0 Å². The van der Waals surface area contributed by atoms with Crippen LogP contribution in [0.15, 0.2) is 28.8 Å². The van der Waals surface area contributed by atoms with E-state index in [0.717, 1.165) is 11.3 Å². The predicted octanol–water partition coefficient (Wildman–Crippen LogP) is 2.62. The van der Waals surface area contributed by atoms with Crippen LogP contribution in [0.5, 0.6) is 0 Å². The molecule has 6 heteroatoms. The molecule has 0 aliphatic carbocycles. The van der Waals surface area contributed by atoms with Crippen molar-refractivity contribution in [2.45, 2.75) is 46.2 Å². The van der Waals surface area contributed by atoms with Gasteiger partial charge in [-0.1, -0.05) is 17.3 Å². The number of hydrogen-bond donors (Lipinski definition) is 2. The molecule has 6 nitrogen and oxygen atoms in total. The van der Waals surface area contributed by atoms with Crippen molar-refractivity contribution in [2.75, 3.05) is 5.32 Å². The van der Waals surface area contributed by atoms with Gasteiger partial charge < -0.3 is 15.2 Å². The van der Waals surface area contributed by atoms with E-state index in [4.69, 9.17) is 4.52 Å². The number of rotatable bonds is 6. The fourth-order valence-electron chi connectivity index (χ4n) is 2.08. The molecule has 1 amide bonds. The van der Waals surface area contributed by atoms with Gasteiger partial charge in [0.25, 0.3) is 0 Å². The summed E-state index contributed by atoms with van der Waals surface area (Å²) in [4.78, 5) is 15.9. The van der Waals surface area contributed by atoms with Crippen molar-refractivity contribution >= 4 is 11.6 Å². The number of amides is 1. The molecule has 0 bridgehead atoms. The fraction of sp³-hybridized carbons (Fsp3) is 0.438. The molecule has 1 aromatic heterocycles. The van der Waals surface area contributed by atoms with Gasteiger partial charge in [-0.3, -0.25) is 4.79 Å². The second-order valence-electron chi connectivity index (χ2n) is 5.64. The number of carbonyl (C=O) groups excluding carboxylic acids is 1. The molecule has 2 rings (SSSR count). The monoisotopic (exact) mass is 302 g/mol. The maximum absolute atomic E-state index is 11.7. The summed E-state index contributed by atoms with van der Waals surface area (Å²) in [5, 5.41) is 9.95. The molecule has 2 N–H and O–H groups in total. The topological polar surface area (TPSA) is 80.0 Å². The molecule has 0 spiro atoms. The third-order valence-electron chi connectivity index (χ3n) is 3.07. The van der Waals surface area contributed by atoms with Gasteiger partial charge in [0, 0.05) is 11.7 Å². The average Bonchev–Trinajstić information content (AvgIpc) is 2.87. The SMILES string of the molecule is Cc1noc([C@H](C)Nc2ccc(CC(=O)NC(C)C)cc2)n1. The maximum atomic E-state index is 11.7. The zero-order valence-corrected chi connectivity index (χ0v) is 13.4. The molecule has 1 atom stereocenters. The first-order valence-corrected chi connectivity index (χ1v) is 7.39. The Hall–Kier alpha value is -2.37. The molecular weight excluding hydrogens is 280 g/mol. The zero-order valence-electron chi connectivity index (χ0n) is 13.4. The number of aryl methyl sites for hydroxylation is 1. The number of carbonyl (C=O) groups is 1. The van der Waals surface area contributed by atoms with Crippen LogP contribution in [0.3, 0.4) is 0 Å². The Morgan fingerprint density at radius 3 is 2.45 bits per heavy atom. The Labute approximate surface area is 130 Å². The van der Waals surface area contributed by atoms with Crippen LogP contribution in [-0.4, -0.2) is 22.1 Å². The first-order chi connectivity index (χ1) is 10.4. The maximum Gasteiger partial charge on any atom is 0.248 e. The highest BCUT2D eigenvalue weighted by atomic mass is 16.5. The Balaban J connectivity index is 1.93. The van der Waals surface area contributed by atoms with Gasteiger partial charge in [0.05, 0.1) is 6.42 Å². The van der Waals surface area contributed by atoms with Crippen molar-refractivity contribution in [1.82, 2.24) is 15.5 Å². The second kappa shape index (κ2) is 7.06. The van der Waals surface area contributed by atoms with Crippen LogP contribution in [0.25, 0.3) is 0 Å². The van der Waals surface area contributed by atoms with Crippen molar-refractivity contribution in [2.24, 2.45) is 0 Å². The van der Waals surface area contributed by atoms with Gasteiger partial charge in [0.1, 0.15) is 6.04 Å². The first kappa shape index (κ1) is 16.0. The van der Waals surface area contributed by atoms with Crippen LogP contribution < -0.4 is 10.6 Å². The zero-order chi connectivity index (χ0) is 16.1. The van der Waals surface area contributed by atoms with E-state index in [1.165, 1.54) is 0 Å². The molecular formula is C16H22N4O2. The van der Waals surface area contributed by atoms with Gasteiger partial charge in [0.15, 0.2) is 5.82 Å². The van der Waals surface area contributed by atoms with Gasteiger partial charge in [-0.25, -0.2) is 0 Å². The smallest absolute Gasteiger partial charge is 0.248 e. The predicted molar refractivity (Wildman–Crippen MR) is 84.5 cm³/mol. The molecule has 1 heterocycles. The van der Waals surface area contributed by atoms with Gasteiger partial charge in [-0.15, -0.1) is 0 Å². The minimum absolute atomic E-state index is 0.0328. The molecule has 0 aliphatic rings. The minimum atomic E-state index is -0.0729. The lowest BCUT2D eigenvalue weighted by atomic mass is 10.1. The second-order valence-corrected chi connectivity index (χ2v) is 5.64. The number of nitrogens with one attached hydrogen (secondary N) is 2. The third kappa shape index (κ3) is 4.58. The van der Waals surface area contributed by atoms with E-state index in [-0.39, 0.29) is 18.0 Å². The van der Waals surface area contributed by atoms with E-state index in [1.54, 1.807) is 6.92 Å². The highest BCUT2D eigenvalue weighted by Gasteiger charge is 2.12. The van der Waals surface area contributed by atoms with Crippen LogP contribution in [0.1, 0.15) is 44.1 Å². The highest BCUT2D eigenvalue weighted by molar-refractivity contribution is 5.78. The highest BCUT2D eigenvalue weighted by Crippen LogP contribution is 2.18. The van der Waals surface area contributed by atoms with Crippen molar-refractivity contribution in [3.8, 4) is 0 Å². The number of aromatic nitrogens is 2. The normalized spacial score (nSPS) is 12.2. The Morgan fingerprint density at radius 1 is 1.23 bits per heavy atom. The summed E-state index contributed by atoms with van der Waals surface area (Å²) in [6.07, 6.45) is 0.386. The Bertz CT molecular complexity index is 619. The van der Waals surface area contributed by atoms with Gasteiger partial charge in [-0.05, 0) is 45.4 Å². The third-order valence-corrected chi connectivity index (χ3v) is 3.07. The largest absolute Gasteiger partial charge is 0.374 e. The number of anilines is 1. The summed E-state index contributed by atoms with van der Waals surface area (Å²) in [5.74, 6) is 1.21. The summed E-state index contributed by atoms with van der Waals surface area (Å²) >= 11 is 0. The average molecular weight is 302 g/mol. The summed E-state index contributed by atoms with van der Waals surface area (Å²) < 4.78 is 5.14. The van der Waals surface area contributed by atoms with Gasteiger partial charge >= 0.3 is 0 Å². The standard InChI is InChI=1S/C16H22N4O2/c1-10(2)17-15(21)9-13-5-7-14(8-6-13)18-11(3)16-19-12(4)20-22-16/h5-8,10-11,18H,9H2,1-4H3,(H,17,21)/t11-/m0/s1. The molecule has 0 unspecified atom stereocenters. The summed E-state index contributed by atoms with van der Waals surface area (Å²) in [7, 11) is 0. The van der Waals surface area contributed by atoms with E-state index in [0.29, 0.717) is 18.1 Å². The molecule has 0 fully saturated rings. The number of hydrogen-bond acceptors (Lipinski definition) is 5. The summed E-state index contributed by atoms with van der Waals surface area (Å²) in [6.45, 7) is 7.64. The van der Waals surface area contributed by atoms with Crippen LogP contribution in [0.4, 0.5) is 5.69 Å². The molecule has 2 aromatic rings. The van der Waals surface area contributed by atoms with E-state index in [9.17, 15) is 4.79 Å². The summed E-state index contributed by atoms with van der Waals surface area (Å²) in [6, 6.07) is 7.85. The molecule has 0 aliphatic heterocycles.